The number of benzene rings is 2. The van der Waals surface area contributed by atoms with Crippen LogP contribution >= 0.6 is 0 Å². The van der Waals surface area contributed by atoms with Crippen LogP contribution < -0.4 is 15.4 Å². The predicted molar refractivity (Wildman–Crippen MR) is 101 cm³/mol. The minimum atomic E-state index is -0.975. The zero-order valence-electron chi connectivity index (χ0n) is 15.1. The maximum Gasteiger partial charge on any atom is 0.254 e. The third kappa shape index (κ3) is 5.00. The van der Waals surface area contributed by atoms with E-state index < -0.39 is 11.6 Å². The first kappa shape index (κ1) is 19.2. The zero-order valence-corrected chi connectivity index (χ0v) is 15.1. The van der Waals surface area contributed by atoms with E-state index in [2.05, 4.69) is 20.6 Å². The van der Waals surface area contributed by atoms with Crippen molar-refractivity contribution in [3.05, 3.63) is 77.6 Å². The Hall–Kier alpha value is -3.55. The quantitative estimate of drug-likeness (QED) is 0.652. The van der Waals surface area contributed by atoms with Gasteiger partial charge in [0.15, 0.2) is 11.6 Å². The van der Waals surface area contributed by atoms with E-state index in [1.807, 2.05) is 24.3 Å². The molecule has 0 radical (unpaired) electrons. The number of hydrogen-bond donors (Lipinski definition) is 2. The van der Waals surface area contributed by atoms with Crippen LogP contribution in [0.4, 0.5) is 20.4 Å². The molecule has 0 aliphatic heterocycles. The van der Waals surface area contributed by atoms with Gasteiger partial charge in [0.05, 0.1) is 12.7 Å². The molecule has 1 amide bonds. The van der Waals surface area contributed by atoms with E-state index in [9.17, 15) is 13.6 Å². The number of hydrogen-bond acceptors (Lipinski definition) is 5. The van der Waals surface area contributed by atoms with Crippen LogP contribution in [-0.2, 0) is 6.42 Å². The predicted octanol–water partition coefficient (Wildman–Crippen LogP) is 3.48. The summed E-state index contributed by atoms with van der Waals surface area (Å²) < 4.78 is 31.3. The third-order valence-electron chi connectivity index (χ3n) is 3.92. The Morgan fingerprint density at radius 1 is 1.07 bits per heavy atom. The highest BCUT2D eigenvalue weighted by atomic mass is 19.2. The molecule has 0 bridgehead atoms. The molecule has 3 aromatic rings. The maximum absolute atomic E-state index is 13.2. The molecular formula is C20H18F2N4O2. The van der Waals surface area contributed by atoms with Gasteiger partial charge in [-0.3, -0.25) is 4.79 Å². The van der Waals surface area contributed by atoms with E-state index in [1.54, 1.807) is 7.11 Å². The molecule has 144 valence electrons. The van der Waals surface area contributed by atoms with Crippen molar-refractivity contribution in [2.75, 3.05) is 19.0 Å². The van der Waals surface area contributed by atoms with Gasteiger partial charge >= 0.3 is 0 Å². The first-order chi connectivity index (χ1) is 13.5. The minimum absolute atomic E-state index is 0.166. The van der Waals surface area contributed by atoms with E-state index in [1.165, 1.54) is 18.5 Å². The summed E-state index contributed by atoms with van der Waals surface area (Å²) in [5.41, 5.74) is 1.64. The van der Waals surface area contributed by atoms with E-state index in [4.69, 9.17) is 4.74 Å². The van der Waals surface area contributed by atoms with Crippen molar-refractivity contribution >= 4 is 17.5 Å². The first-order valence-corrected chi connectivity index (χ1v) is 8.50. The summed E-state index contributed by atoms with van der Waals surface area (Å²) in [4.78, 5) is 20.2. The third-order valence-corrected chi connectivity index (χ3v) is 3.92. The summed E-state index contributed by atoms with van der Waals surface area (Å²) >= 11 is 0. The van der Waals surface area contributed by atoms with Crippen LogP contribution in [0.25, 0.3) is 0 Å². The number of methoxy groups -OCH3 is 1. The standard InChI is InChI=1S/C20H18F2N4O2/c1-28-16-4-2-3-13(9-16)7-8-23-19(27)14-11-24-20(25-12-14)26-15-5-6-17(21)18(22)10-15/h2-6,9-12H,7-8H2,1H3,(H,23,27)(H,24,25,26). The van der Waals surface area contributed by atoms with Gasteiger partial charge in [0.25, 0.3) is 5.91 Å². The topological polar surface area (TPSA) is 76.1 Å². The number of nitrogens with one attached hydrogen (secondary N) is 2. The molecule has 0 saturated heterocycles. The van der Waals surface area contributed by atoms with E-state index in [0.717, 1.165) is 23.4 Å². The lowest BCUT2D eigenvalue weighted by Crippen LogP contribution is -2.26. The highest BCUT2D eigenvalue weighted by Gasteiger charge is 2.08. The summed E-state index contributed by atoms with van der Waals surface area (Å²) in [5.74, 6) is -1.29. The van der Waals surface area contributed by atoms with Gasteiger partial charge in [-0.1, -0.05) is 12.1 Å². The molecule has 8 heteroatoms. The molecular weight excluding hydrogens is 366 g/mol. The van der Waals surface area contributed by atoms with Crippen molar-refractivity contribution < 1.29 is 18.3 Å². The summed E-state index contributed by atoms with van der Waals surface area (Å²) in [6, 6.07) is 11.0. The van der Waals surface area contributed by atoms with Crippen molar-refractivity contribution in [3.8, 4) is 5.75 Å². The lowest BCUT2D eigenvalue weighted by molar-refractivity contribution is 0.0953. The molecule has 0 spiro atoms. The molecule has 2 aromatic carbocycles. The number of rotatable bonds is 7. The highest BCUT2D eigenvalue weighted by Crippen LogP contribution is 2.16. The van der Waals surface area contributed by atoms with Gasteiger partial charge in [-0.05, 0) is 36.2 Å². The molecule has 3 rings (SSSR count). The second kappa shape index (κ2) is 8.90. The van der Waals surface area contributed by atoms with Crippen molar-refractivity contribution in [1.29, 1.82) is 0 Å². The van der Waals surface area contributed by atoms with Crippen molar-refractivity contribution in [3.63, 3.8) is 0 Å². The fourth-order valence-corrected chi connectivity index (χ4v) is 2.46. The summed E-state index contributed by atoms with van der Waals surface area (Å²) in [6.07, 6.45) is 3.37. The van der Waals surface area contributed by atoms with Crippen LogP contribution in [0.2, 0.25) is 0 Å². The molecule has 0 unspecified atom stereocenters. The maximum atomic E-state index is 13.2. The molecule has 0 saturated carbocycles. The summed E-state index contributed by atoms with van der Waals surface area (Å²) in [7, 11) is 1.60. The fraction of sp³-hybridized carbons (Fsp3) is 0.150. The Kier molecular flexibility index (Phi) is 6.11. The van der Waals surface area contributed by atoms with Crippen LogP contribution in [-0.4, -0.2) is 29.5 Å². The Balaban J connectivity index is 1.53. The highest BCUT2D eigenvalue weighted by molar-refractivity contribution is 5.93. The van der Waals surface area contributed by atoms with Crippen LogP contribution in [0.1, 0.15) is 15.9 Å². The van der Waals surface area contributed by atoms with Crippen molar-refractivity contribution in [2.45, 2.75) is 6.42 Å². The van der Waals surface area contributed by atoms with Crippen molar-refractivity contribution in [1.82, 2.24) is 15.3 Å². The SMILES string of the molecule is COc1cccc(CCNC(=O)c2cnc(Nc3ccc(F)c(F)c3)nc2)c1. The van der Waals surface area contributed by atoms with Crippen molar-refractivity contribution in [2.24, 2.45) is 0 Å². The summed E-state index contributed by atoms with van der Waals surface area (Å²) in [6.45, 7) is 0.445. The number of aromatic nitrogens is 2. The number of amides is 1. The smallest absolute Gasteiger partial charge is 0.254 e. The van der Waals surface area contributed by atoms with Gasteiger partial charge in [-0.15, -0.1) is 0 Å². The van der Waals surface area contributed by atoms with Crippen LogP contribution in [0, 0.1) is 11.6 Å². The van der Waals surface area contributed by atoms with Gasteiger partial charge in [-0.2, -0.15) is 0 Å². The Labute approximate surface area is 160 Å². The lowest BCUT2D eigenvalue weighted by Gasteiger charge is -2.08. The number of ether oxygens (including phenoxy) is 1. The zero-order chi connectivity index (χ0) is 19.9. The Morgan fingerprint density at radius 2 is 1.86 bits per heavy atom. The fourth-order valence-electron chi connectivity index (χ4n) is 2.46. The normalized spacial score (nSPS) is 10.4. The minimum Gasteiger partial charge on any atom is -0.497 e. The number of nitrogens with zero attached hydrogens (tertiary/aromatic N) is 2. The van der Waals surface area contributed by atoms with Crippen LogP contribution in [0.3, 0.4) is 0 Å². The van der Waals surface area contributed by atoms with Crippen LogP contribution in [0.5, 0.6) is 5.75 Å². The Morgan fingerprint density at radius 3 is 2.57 bits per heavy atom. The molecule has 2 N–H and O–H groups in total. The van der Waals surface area contributed by atoms with E-state index in [0.29, 0.717) is 24.2 Å². The number of carbonyl (C=O) groups excluding carboxylic acids is 1. The second-order valence-electron chi connectivity index (χ2n) is 5.91. The van der Waals surface area contributed by atoms with E-state index >= 15 is 0 Å². The lowest BCUT2D eigenvalue weighted by atomic mass is 10.1. The molecule has 0 aliphatic carbocycles. The van der Waals surface area contributed by atoms with Gasteiger partial charge in [0, 0.05) is 30.7 Å². The first-order valence-electron chi connectivity index (χ1n) is 8.50. The van der Waals surface area contributed by atoms with E-state index in [-0.39, 0.29) is 11.9 Å². The van der Waals surface area contributed by atoms with Gasteiger partial charge in [0.2, 0.25) is 5.95 Å². The number of halogens is 2. The number of carbonyl (C=O) groups is 1. The second-order valence-corrected chi connectivity index (χ2v) is 5.91. The average molecular weight is 384 g/mol. The van der Waals surface area contributed by atoms with Crippen LogP contribution in [0.15, 0.2) is 54.9 Å². The monoisotopic (exact) mass is 384 g/mol. The molecule has 1 aromatic heterocycles. The summed E-state index contributed by atoms with van der Waals surface area (Å²) in [5, 5.41) is 5.54. The number of anilines is 2. The van der Waals surface area contributed by atoms with Gasteiger partial charge < -0.3 is 15.4 Å². The molecule has 6 nitrogen and oxygen atoms in total. The average Bonchev–Trinajstić information content (AvgIpc) is 2.71. The Bertz CT molecular complexity index is 965. The van der Waals surface area contributed by atoms with Gasteiger partial charge in [-0.25, -0.2) is 18.7 Å². The molecule has 0 atom stereocenters. The molecule has 28 heavy (non-hydrogen) atoms. The largest absolute Gasteiger partial charge is 0.497 e. The molecule has 1 heterocycles. The molecule has 0 aliphatic rings. The molecule has 0 fully saturated rings. The van der Waals surface area contributed by atoms with Gasteiger partial charge in [0.1, 0.15) is 5.75 Å².